The summed E-state index contributed by atoms with van der Waals surface area (Å²) in [7, 11) is 0. The molecule has 1 aliphatic rings. The van der Waals surface area contributed by atoms with Crippen LogP contribution in [0.15, 0.2) is 46.9 Å². The Kier molecular flexibility index (Phi) is 5.30. The van der Waals surface area contributed by atoms with Crippen LogP contribution in [0.25, 0.3) is 0 Å². The van der Waals surface area contributed by atoms with Gasteiger partial charge in [0, 0.05) is 10.9 Å². The molecule has 0 radical (unpaired) electrons. The Morgan fingerprint density at radius 1 is 1.24 bits per heavy atom. The summed E-state index contributed by atoms with van der Waals surface area (Å²) in [6.07, 6.45) is 0.999. The molecule has 25 heavy (non-hydrogen) atoms. The summed E-state index contributed by atoms with van der Waals surface area (Å²) in [6, 6.07) is 13.1. The highest BCUT2D eigenvalue weighted by Crippen LogP contribution is 2.35. The van der Waals surface area contributed by atoms with Gasteiger partial charge in [-0.3, -0.25) is 4.79 Å². The molecule has 0 fully saturated rings. The minimum Gasteiger partial charge on any atom is -0.454 e. The maximum atomic E-state index is 12.1. The molecule has 0 spiro atoms. The second-order valence-corrected chi connectivity index (χ2v) is 7.06. The Morgan fingerprint density at radius 2 is 2.00 bits per heavy atom. The first-order valence-corrected chi connectivity index (χ1v) is 8.87. The minimum absolute atomic E-state index is 0.100. The third-order valence-electron chi connectivity index (χ3n) is 4.20. The lowest BCUT2D eigenvalue weighted by molar-refractivity contribution is -0.122. The molecule has 132 valence electrons. The Hall–Kier alpha value is -2.05. The van der Waals surface area contributed by atoms with E-state index in [9.17, 15) is 9.90 Å². The van der Waals surface area contributed by atoms with Gasteiger partial charge in [-0.25, -0.2) is 0 Å². The number of hydrogen-bond acceptors (Lipinski definition) is 4. The molecule has 1 aliphatic heterocycles. The highest BCUT2D eigenvalue weighted by molar-refractivity contribution is 9.10. The van der Waals surface area contributed by atoms with E-state index in [4.69, 9.17) is 9.47 Å². The second-order valence-electron chi connectivity index (χ2n) is 6.21. The minimum atomic E-state index is -1.19. The first-order valence-electron chi connectivity index (χ1n) is 8.08. The summed E-state index contributed by atoms with van der Waals surface area (Å²) in [5.74, 6) is 1.17. The smallest absolute Gasteiger partial charge is 0.231 e. The Bertz CT molecular complexity index is 776. The molecule has 0 unspecified atom stereocenters. The number of benzene rings is 2. The first kappa shape index (κ1) is 17.8. The van der Waals surface area contributed by atoms with Crippen molar-refractivity contribution < 1.29 is 19.4 Å². The zero-order valence-corrected chi connectivity index (χ0v) is 15.5. The van der Waals surface area contributed by atoms with E-state index in [0.29, 0.717) is 29.9 Å². The molecule has 1 heterocycles. The van der Waals surface area contributed by atoms with E-state index in [-0.39, 0.29) is 19.2 Å². The van der Waals surface area contributed by atoms with Crippen molar-refractivity contribution in [1.29, 1.82) is 0 Å². The number of halogens is 1. The van der Waals surface area contributed by atoms with E-state index in [0.717, 1.165) is 10.0 Å². The monoisotopic (exact) mass is 405 g/mol. The number of aryl methyl sites for hydroxylation is 1. The van der Waals surface area contributed by atoms with Gasteiger partial charge in [0.1, 0.15) is 5.60 Å². The molecule has 2 N–H and O–H groups in total. The van der Waals surface area contributed by atoms with E-state index < -0.39 is 5.60 Å². The predicted octanol–water partition coefficient (Wildman–Crippen LogP) is 3.13. The molecule has 5 nitrogen and oxygen atoms in total. The molecule has 3 rings (SSSR count). The fourth-order valence-electron chi connectivity index (χ4n) is 2.64. The van der Waals surface area contributed by atoms with Crippen LogP contribution >= 0.6 is 15.9 Å². The first-order chi connectivity index (χ1) is 12.0. The largest absolute Gasteiger partial charge is 0.454 e. The molecular weight excluding hydrogens is 386 g/mol. The maximum Gasteiger partial charge on any atom is 0.231 e. The molecule has 6 heteroatoms. The van der Waals surface area contributed by atoms with E-state index in [1.165, 1.54) is 0 Å². The number of amides is 1. The highest BCUT2D eigenvalue weighted by Gasteiger charge is 2.26. The number of rotatable bonds is 6. The molecule has 1 amide bonds. The van der Waals surface area contributed by atoms with Gasteiger partial charge < -0.3 is 19.9 Å². The number of ether oxygens (including phenoxy) is 2. The quantitative estimate of drug-likeness (QED) is 0.774. The number of carbonyl (C=O) groups is 1. The topological polar surface area (TPSA) is 67.8 Å². The van der Waals surface area contributed by atoms with E-state index in [1.54, 1.807) is 25.1 Å². The third kappa shape index (κ3) is 4.32. The summed E-state index contributed by atoms with van der Waals surface area (Å²) in [5.41, 5.74) is 0.562. The number of nitrogens with one attached hydrogen (secondary N) is 1. The van der Waals surface area contributed by atoms with E-state index >= 15 is 0 Å². The summed E-state index contributed by atoms with van der Waals surface area (Å²) in [4.78, 5) is 12.1. The van der Waals surface area contributed by atoms with Crippen LogP contribution in [-0.2, 0) is 16.8 Å². The average Bonchev–Trinajstić information content (AvgIpc) is 3.07. The van der Waals surface area contributed by atoms with E-state index in [1.807, 2.05) is 24.3 Å². The molecule has 2 aromatic rings. The van der Waals surface area contributed by atoms with Crippen molar-refractivity contribution in [2.45, 2.75) is 25.4 Å². The lowest BCUT2D eigenvalue weighted by Gasteiger charge is -2.24. The SMILES string of the molecule is C[C@](O)(CNC(=O)CCc1ccccc1Br)c1ccc2c(c1)OCO2. The van der Waals surface area contributed by atoms with Crippen LogP contribution in [0.3, 0.4) is 0 Å². The number of fused-ring (bicyclic) bond motifs is 1. The van der Waals surface area contributed by atoms with Crippen LogP contribution in [0, 0.1) is 0 Å². The second kappa shape index (κ2) is 7.45. The fraction of sp³-hybridized carbons (Fsp3) is 0.316. The van der Waals surface area contributed by atoms with Crippen LogP contribution < -0.4 is 14.8 Å². The fourth-order valence-corrected chi connectivity index (χ4v) is 3.13. The highest BCUT2D eigenvalue weighted by atomic mass is 79.9. The van der Waals surface area contributed by atoms with Gasteiger partial charge in [0.15, 0.2) is 11.5 Å². The molecule has 0 saturated heterocycles. The summed E-state index contributed by atoms with van der Waals surface area (Å²) in [6.45, 7) is 1.98. The number of hydrogen-bond donors (Lipinski definition) is 2. The molecule has 2 aromatic carbocycles. The van der Waals surface area contributed by atoms with Crippen LogP contribution in [0.1, 0.15) is 24.5 Å². The zero-order valence-electron chi connectivity index (χ0n) is 13.9. The lowest BCUT2D eigenvalue weighted by atomic mass is 9.95. The molecular formula is C19H20BrNO4. The van der Waals surface area contributed by atoms with E-state index in [2.05, 4.69) is 21.2 Å². The summed E-state index contributed by atoms with van der Waals surface area (Å²) < 4.78 is 11.6. The van der Waals surface area contributed by atoms with Crippen LogP contribution in [0.2, 0.25) is 0 Å². The summed E-state index contributed by atoms with van der Waals surface area (Å²) in [5, 5.41) is 13.5. The predicted molar refractivity (Wildman–Crippen MR) is 97.6 cm³/mol. The average molecular weight is 406 g/mol. The van der Waals surface area contributed by atoms with Crippen molar-refractivity contribution in [2.75, 3.05) is 13.3 Å². The van der Waals surface area contributed by atoms with Crippen LogP contribution in [0.5, 0.6) is 11.5 Å². The molecule has 1 atom stereocenters. The van der Waals surface area contributed by atoms with Crippen molar-refractivity contribution in [3.05, 3.63) is 58.1 Å². The van der Waals surface area contributed by atoms with Gasteiger partial charge >= 0.3 is 0 Å². The van der Waals surface area contributed by atoms with Crippen molar-refractivity contribution in [3.63, 3.8) is 0 Å². The standard InChI is InChI=1S/C19H20BrNO4/c1-19(23,14-7-8-16-17(10-14)25-12-24-16)11-21-18(22)9-6-13-4-2-3-5-15(13)20/h2-5,7-8,10,23H,6,9,11-12H2,1H3,(H,21,22)/t19-/m0/s1. The Balaban J connectivity index is 1.54. The third-order valence-corrected chi connectivity index (χ3v) is 4.98. The van der Waals surface area contributed by atoms with Gasteiger partial charge in [0.05, 0.1) is 6.54 Å². The van der Waals surface area contributed by atoms with Gasteiger partial charge in [-0.05, 0) is 42.7 Å². The number of carbonyl (C=O) groups excluding carboxylic acids is 1. The van der Waals surface area contributed by atoms with Crippen molar-refractivity contribution in [2.24, 2.45) is 0 Å². The molecule has 0 aliphatic carbocycles. The van der Waals surface area contributed by atoms with Gasteiger partial charge in [0.25, 0.3) is 0 Å². The normalized spacial score (nSPS) is 14.8. The molecule has 0 aromatic heterocycles. The van der Waals surface area contributed by atoms with Crippen LogP contribution in [-0.4, -0.2) is 24.4 Å². The van der Waals surface area contributed by atoms with Crippen molar-refractivity contribution in [3.8, 4) is 11.5 Å². The van der Waals surface area contributed by atoms with Crippen molar-refractivity contribution >= 4 is 21.8 Å². The van der Waals surface area contributed by atoms with Gasteiger partial charge in [-0.2, -0.15) is 0 Å². The lowest BCUT2D eigenvalue weighted by Crippen LogP contribution is -2.38. The van der Waals surface area contributed by atoms with Gasteiger partial charge in [0.2, 0.25) is 12.7 Å². The number of aliphatic hydroxyl groups is 1. The van der Waals surface area contributed by atoms with Crippen molar-refractivity contribution in [1.82, 2.24) is 5.32 Å². The Morgan fingerprint density at radius 3 is 2.80 bits per heavy atom. The summed E-state index contributed by atoms with van der Waals surface area (Å²) >= 11 is 3.48. The maximum absolute atomic E-state index is 12.1. The van der Waals surface area contributed by atoms with Crippen LogP contribution in [0.4, 0.5) is 0 Å². The van der Waals surface area contributed by atoms with Gasteiger partial charge in [-0.1, -0.05) is 40.2 Å². The molecule has 0 saturated carbocycles. The zero-order chi connectivity index (χ0) is 17.9. The molecule has 0 bridgehead atoms. The van der Waals surface area contributed by atoms with Gasteiger partial charge in [-0.15, -0.1) is 0 Å². The Labute approximate surface area is 155 Å².